The van der Waals surface area contributed by atoms with Gasteiger partial charge in [0.15, 0.2) is 5.82 Å². The first-order chi connectivity index (χ1) is 14.7. The molecule has 2 aliphatic rings. The summed E-state index contributed by atoms with van der Waals surface area (Å²) in [5, 5.41) is 12.1. The molecule has 2 aliphatic heterocycles. The number of aryl methyl sites for hydroxylation is 1. The van der Waals surface area contributed by atoms with Gasteiger partial charge in [0.1, 0.15) is 5.82 Å². The molecule has 1 amide bonds. The van der Waals surface area contributed by atoms with Gasteiger partial charge in [0, 0.05) is 32.6 Å². The van der Waals surface area contributed by atoms with Gasteiger partial charge in [-0.1, -0.05) is 12.1 Å². The molecule has 0 aliphatic carbocycles. The van der Waals surface area contributed by atoms with Gasteiger partial charge in [0.05, 0.1) is 25.8 Å². The highest BCUT2D eigenvalue weighted by molar-refractivity contribution is 5.76. The summed E-state index contributed by atoms with van der Waals surface area (Å²) in [6.07, 6.45) is 4.04. The zero-order valence-corrected chi connectivity index (χ0v) is 17.2. The Balaban J connectivity index is 1.31. The van der Waals surface area contributed by atoms with Crippen molar-refractivity contribution in [2.24, 2.45) is 0 Å². The molecule has 0 radical (unpaired) electrons. The molecule has 2 saturated heterocycles. The Morgan fingerprint density at radius 2 is 2.07 bits per heavy atom. The number of piperidine rings is 1. The van der Waals surface area contributed by atoms with Crippen LogP contribution < -0.4 is 0 Å². The summed E-state index contributed by atoms with van der Waals surface area (Å²) in [7, 11) is 0. The largest absolute Gasteiger partial charge is 0.379 e. The highest BCUT2D eigenvalue weighted by Gasteiger charge is 2.28. The van der Waals surface area contributed by atoms with E-state index in [9.17, 15) is 9.18 Å². The van der Waals surface area contributed by atoms with E-state index in [-0.39, 0.29) is 17.8 Å². The van der Waals surface area contributed by atoms with Crippen molar-refractivity contribution >= 4 is 5.91 Å². The number of ether oxygens (including phenoxy) is 1. The van der Waals surface area contributed by atoms with Crippen molar-refractivity contribution in [3.05, 3.63) is 41.5 Å². The Morgan fingerprint density at radius 3 is 2.90 bits per heavy atom. The lowest BCUT2D eigenvalue weighted by Crippen LogP contribution is -2.38. The Morgan fingerprint density at radius 1 is 1.20 bits per heavy atom. The van der Waals surface area contributed by atoms with E-state index in [1.165, 1.54) is 6.07 Å². The van der Waals surface area contributed by atoms with E-state index in [0.717, 1.165) is 63.5 Å². The van der Waals surface area contributed by atoms with Crippen LogP contribution in [0, 0.1) is 5.82 Å². The number of hydrogen-bond donors (Lipinski definition) is 0. The Labute approximate surface area is 176 Å². The second-order valence-electron chi connectivity index (χ2n) is 7.96. The number of nitrogens with zero attached hydrogens (tertiary/aromatic N) is 6. The van der Waals surface area contributed by atoms with Crippen molar-refractivity contribution in [1.82, 2.24) is 30.0 Å². The smallest absolute Gasteiger partial charge is 0.223 e. The van der Waals surface area contributed by atoms with Crippen LogP contribution in [0.25, 0.3) is 0 Å². The van der Waals surface area contributed by atoms with Crippen molar-refractivity contribution in [3.8, 4) is 0 Å². The fourth-order valence-corrected chi connectivity index (χ4v) is 4.28. The van der Waals surface area contributed by atoms with Gasteiger partial charge in [-0.15, -0.1) is 5.10 Å². The molecule has 0 saturated carbocycles. The first kappa shape index (κ1) is 20.9. The van der Waals surface area contributed by atoms with Crippen LogP contribution in [-0.4, -0.2) is 68.8 Å². The maximum absolute atomic E-state index is 13.7. The summed E-state index contributed by atoms with van der Waals surface area (Å²) in [6, 6.07) is 6.59. The lowest BCUT2D eigenvalue weighted by molar-refractivity contribution is -0.135. The fraction of sp³-hybridized carbons (Fsp3) is 0.619. The minimum Gasteiger partial charge on any atom is -0.379 e. The van der Waals surface area contributed by atoms with Gasteiger partial charge in [0.25, 0.3) is 0 Å². The van der Waals surface area contributed by atoms with Crippen LogP contribution in [0.4, 0.5) is 4.39 Å². The van der Waals surface area contributed by atoms with E-state index in [2.05, 4.69) is 20.4 Å². The fourth-order valence-electron chi connectivity index (χ4n) is 4.28. The number of halogens is 1. The van der Waals surface area contributed by atoms with E-state index in [1.807, 2.05) is 11.0 Å². The monoisotopic (exact) mass is 416 g/mol. The quantitative estimate of drug-likeness (QED) is 0.689. The number of carbonyl (C=O) groups excluding carboxylic acids is 1. The van der Waals surface area contributed by atoms with Crippen LogP contribution in [0.15, 0.2) is 24.3 Å². The zero-order valence-electron chi connectivity index (χ0n) is 17.2. The number of amides is 1. The predicted octanol–water partition coefficient (Wildman–Crippen LogP) is 2.18. The van der Waals surface area contributed by atoms with Crippen LogP contribution in [0.5, 0.6) is 0 Å². The molecule has 2 fully saturated rings. The third-order valence-corrected chi connectivity index (χ3v) is 5.89. The van der Waals surface area contributed by atoms with Crippen LogP contribution in [0.2, 0.25) is 0 Å². The molecule has 0 bridgehead atoms. The summed E-state index contributed by atoms with van der Waals surface area (Å²) in [5.41, 5.74) is 0.885. The molecule has 162 valence electrons. The zero-order chi connectivity index (χ0) is 20.8. The molecule has 1 aromatic heterocycles. The number of rotatable bonds is 7. The maximum atomic E-state index is 13.7. The molecular weight excluding hydrogens is 387 g/mol. The number of morpholine rings is 1. The van der Waals surface area contributed by atoms with E-state index >= 15 is 0 Å². The first-order valence-corrected chi connectivity index (χ1v) is 10.8. The topological polar surface area (TPSA) is 76.4 Å². The number of aromatic nitrogens is 4. The number of carbonyl (C=O) groups is 1. The van der Waals surface area contributed by atoms with Crippen LogP contribution >= 0.6 is 0 Å². The second kappa shape index (κ2) is 10.1. The SMILES string of the molecule is O=C(CCCn1nnnc1CN1CCOCC1)N1CCCCC1c1cccc(F)c1. The molecule has 9 heteroatoms. The molecule has 8 nitrogen and oxygen atoms in total. The van der Waals surface area contributed by atoms with E-state index in [1.54, 1.807) is 16.8 Å². The lowest BCUT2D eigenvalue weighted by Gasteiger charge is -2.36. The first-order valence-electron chi connectivity index (χ1n) is 10.8. The van der Waals surface area contributed by atoms with Gasteiger partial charge in [0.2, 0.25) is 5.91 Å². The summed E-state index contributed by atoms with van der Waals surface area (Å²) >= 11 is 0. The van der Waals surface area contributed by atoms with Crippen molar-refractivity contribution in [1.29, 1.82) is 0 Å². The molecule has 3 heterocycles. The molecular formula is C21H29FN6O2. The Bertz CT molecular complexity index is 838. The van der Waals surface area contributed by atoms with Gasteiger partial charge < -0.3 is 9.64 Å². The minimum atomic E-state index is -0.253. The highest BCUT2D eigenvalue weighted by atomic mass is 19.1. The maximum Gasteiger partial charge on any atom is 0.223 e. The van der Waals surface area contributed by atoms with E-state index in [0.29, 0.717) is 25.9 Å². The van der Waals surface area contributed by atoms with Crippen molar-refractivity contribution < 1.29 is 13.9 Å². The predicted molar refractivity (Wildman–Crippen MR) is 108 cm³/mol. The molecule has 0 spiro atoms. The molecule has 2 aromatic rings. The highest BCUT2D eigenvalue weighted by Crippen LogP contribution is 2.31. The third-order valence-electron chi connectivity index (χ3n) is 5.89. The number of likely N-dealkylation sites (tertiary alicyclic amines) is 1. The molecule has 1 atom stereocenters. The number of tetrazole rings is 1. The van der Waals surface area contributed by atoms with Gasteiger partial charge in [-0.25, -0.2) is 9.07 Å². The van der Waals surface area contributed by atoms with Gasteiger partial charge in [-0.2, -0.15) is 0 Å². The van der Waals surface area contributed by atoms with Crippen molar-refractivity contribution in [3.63, 3.8) is 0 Å². The molecule has 0 N–H and O–H groups in total. The lowest BCUT2D eigenvalue weighted by atomic mass is 9.94. The van der Waals surface area contributed by atoms with Crippen LogP contribution in [0.1, 0.15) is 49.5 Å². The van der Waals surface area contributed by atoms with Crippen LogP contribution in [-0.2, 0) is 22.6 Å². The van der Waals surface area contributed by atoms with Gasteiger partial charge in [-0.05, 0) is 53.8 Å². The van der Waals surface area contributed by atoms with Gasteiger partial charge >= 0.3 is 0 Å². The second-order valence-corrected chi connectivity index (χ2v) is 7.96. The summed E-state index contributed by atoms with van der Waals surface area (Å²) in [5.74, 6) is 0.684. The summed E-state index contributed by atoms with van der Waals surface area (Å²) in [4.78, 5) is 17.1. The Kier molecular flexibility index (Phi) is 7.01. The van der Waals surface area contributed by atoms with Gasteiger partial charge in [-0.3, -0.25) is 9.69 Å². The average Bonchev–Trinajstić information content (AvgIpc) is 3.21. The molecule has 1 aromatic carbocycles. The number of hydrogen-bond acceptors (Lipinski definition) is 6. The molecule has 1 unspecified atom stereocenters. The summed E-state index contributed by atoms with van der Waals surface area (Å²) < 4.78 is 20.9. The normalized spacial score (nSPS) is 20.4. The summed E-state index contributed by atoms with van der Waals surface area (Å²) in [6.45, 7) is 5.25. The average molecular weight is 417 g/mol. The Hall–Kier alpha value is -2.39. The third kappa shape index (κ3) is 5.20. The van der Waals surface area contributed by atoms with Crippen molar-refractivity contribution in [2.45, 2.75) is 51.2 Å². The minimum absolute atomic E-state index is 0.0353. The van der Waals surface area contributed by atoms with E-state index in [4.69, 9.17) is 4.74 Å². The number of benzene rings is 1. The molecule has 30 heavy (non-hydrogen) atoms. The van der Waals surface area contributed by atoms with Crippen LogP contribution in [0.3, 0.4) is 0 Å². The van der Waals surface area contributed by atoms with E-state index < -0.39 is 0 Å². The molecule has 4 rings (SSSR count). The van der Waals surface area contributed by atoms with Crippen molar-refractivity contribution in [2.75, 3.05) is 32.8 Å². The standard InChI is InChI=1S/C21H29FN6O2/c22-18-6-3-5-17(15-18)19-7-1-2-9-27(19)21(29)8-4-10-28-20(23-24-25-28)16-26-11-13-30-14-12-26/h3,5-6,15,19H,1-2,4,7-14,16H2.